The van der Waals surface area contributed by atoms with E-state index in [0.717, 1.165) is 6.54 Å². The summed E-state index contributed by atoms with van der Waals surface area (Å²) in [5.41, 5.74) is 9.88. The molecule has 1 aromatic carbocycles. The van der Waals surface area contributed by atoms with Gasteiger partial charge in [-0.15, -0.1) is 0 Å². The van der Waals surface area contributed by atoms with Gasteiger partial charge in [0, 0.05) is 24.3 Å². The van der Waals surface area contributed by atoms with Crippen molar-refractivity contribution >= 4 is 5.69 Å². The van der Waals surface area contributed by atoms with Crippen LogP contribution in [0.3, 0.4) is 0 Å². The summed E-state index contributed by atoms with van der Waals surface area (Å²) in [7, 11) is 0. The van der Waals surface area contributed by atoms with Crippen molar-refractivity contribution in [3.63, 3.8) is 0 Å². The van der Waals surface area contributed by atoms with E-state index in [1.54, 1.807) is 0 Å². The minimum absolute atomic E-state index is 0.374. The Labute approximate surface area is 129 Å². The second-order valence-corrected chi connectivity index (χ2v) is 8.00. The lowest BCUT2D eigenvalue weighted by molar-refractivity contribution is 0.158. The van der Waals surface area contributed by atoms with Crippen molar-refractivity contribution in [1.29, 1.82) is 0 Å². The SMILES string of the molecule is CC1CCc2ccccc2N1CC1CC(C)(C)CCC1N. The number of para-hydroxylation sites is 1. The number of nitrogens with zero attached hydrogens (tertiary/aromatic N) is 1. The third-order valence-electron chi connectivity index (χ3n) is 5.67. The predicted molar refractivity (Wildman–Crippen MR) is 90.7 cm³/mol. The molecule has 2 aliphatic rings. The number of anilines is 1. The third-order valence-corrected chi connectivity index (χ3v) is 5.67. The van der Waals surface area contributed by atoms with Crippen LogP contribution in [0, 0.1) is 11.3 Å². The molecule has 1 aromatic rings. The highest BCUT2D eigenvalue weighted by molar-refractivity contribution is 5.56. The Balaban J connectivity index is 1.80. The van der Waals surface area contributed by atoms with Crippen LogP contribution < -0.4 is 10.6 Å². The molecule has 0 radical (unpaired) electrons. The van der Waals surface area contributed by atoms with Gasteiger partial charge < -0.3 is 10.6 Å². The molecule has 0 aromatic heterocycles. The van der Waals surface area contributed by atoms with E-state index in [1.807, 2.05) is 0 Å². The van der Waals surface area contributed by atoms with Crippen LogP contribution in [-0.2, 0) is 6.42 Å². The maximum absolute atomic E-state index is 6.46. The lowest BCUT2D eigenvalue weighted by atomic mass is 9.70. The van der Waals surface area contributed by atoms with Crippen LogP contribution in [0.15, 0.2) is 24.3 Å². The first-order valence-electron chi connectivity index (χ1n) is 8.56. The van der Waals surface area contributed by atoms with Gasteiger partial charge in [0.05, 0.1) is 0 Å². The summed E-state index contributed by atoms with van der Waals surface area (Å²) in [6, 6.07) is 9.94. The Hall–Kier alpha value is -1.02. The standard InChI is InChI=1S/C19H30N2/c1-14-8-9-15-6-4-5-7-18(15)21(14)13-16-12-19(2,3)11-10-17(16)20/h4-7,14,16-17H,8-13,20H2,1-3H3. The van der Waals surface area contributed by atoms with Gasteiger partial charge in [0.15, 0.2) is 0 Å². The van der Waals surface area contributed by atoms with E-state index in [0.29, 0.717) is 23.4 Å². The quantitative estimate of drug-likeness (QED) is 0.891. The Morgan fingerprint density at radius 2 is 2.00 bits per heavy atom. The number of nitrogens with two attached hydrogens (primary N) is 1. The molecule has 1 aliphatic heterocycles. The molecule has 1 aliphatic carbocycles. The zero-order chi connectivity index (χ0) is 15.0. The van der Waals surface area contributed by atoms with Crippen LogP contribution in [0.5, 0.6) is 0 Å². The molecule has 3 rings (SSSR count). The Bertz CT molecular complexity index is 494. The number of fused-ring (bicyclic) bond motifs is 1. The van der Waals surface area contributed by atoms with E-state index in [2.05, 4.69) is 49.9 Å². The van der Waals surface area contributed by atoms with Crippen LogP contribution in [0.2, 0.25) is 0 Å². The van der Waals surface area contributed by atoms with E-state index in [9.17, 15) is 0 Å². The summed E-state index contributed by atoms with van der Waals surface area (Å²) in [5.74, 6) is 0.627. The average molecular weight is 286 g/mol. The topological polar surface area (TPSA) is 29.3 Å². The first-order valence-corrected chi connectivity index (χ1v) is 8.56. The normalized spacial score (nSPS) is 31.8. The smallest absolute Gasteiger partial charge is 0.0401 e. The van der Waals surface area contributed by atoms with Crippen molar-refractivity contribution in [3.8, 4) is 0 Å². The summed E-state index contributed by atoms with van der Waals surface area (Å²) >= 11 is 0. The van der Waals surface area contributed by atoms with Gasteiger partial charge in [0.25, 0.3) is 0 Å². The third kappa shape index (κ3) is 3.11. The highest BCUT2D eigenvalue weighted by atomic mass is 15.2. The summed E-state index contributed by atoms with van der Waals surface area (Å²) in [4.78, 5) is 2.63. The van der Waals surface area contributed by atoms with E-state index < -0.39 is 0 Å². The molecule has 21 heavy (non-hydrogen) atoms. The lowest BCUT2D eigenvalue weighted by Gasteiger charge is -2.45. The lowest BCUT2D eigenvalue weighted by Crippen LogP contribution is -2.48. The largest absolute Gasteiger partial charge is 0.368 e. The van der Waals surface area contributed by atoms with E-state index in [1.165, 1.54) is 43.4 Å². The molecule has 0 bridgehead atoms. The molecule has 0 spiro atoms. The molecule has 2 nitrogen and oxygen atoms in total. The summed E-state index contributed by atoms with van der Waals surface area (Å²) in [6.07, 6.45) is 6.20. The fourth-order valence-electron chi connectivity index (χ4n) is 4.25. The predicted octanol–water partition coefficient (Wildman–Crippen LogP) is 3.98. The van der Waals surface area contributed by atoms with Crippen molar-refractivity contribution in [2.75, 3.05) is 11.4 Å². The fraction of sp³-hybridized carbons (Fsp3) is 0.684. The summed E-state index contributed by atoms with van der Waals surface area (Å²) < 4.78 is 0. The van der Waals surface area contributed by atoms with Gasteiger partial charge in [-0.1, -0.05) is 32.0 Å². The second-order valence-electron chi connectivity index (χ2n) is 8.00. The van der Waals surface area contributed by atoms with Crippen molar-refractivity contribution in [2.45, 2.75) is 65.0 Å². The maximum atomic E-state index is 6.46. The van der Waals surface area contributed by atoms with Gasteiger partial charge >= 0.3 is 0 Å². The van der Waals surface area contributed by atoms with Gasteiger partial charge in [-0.3, -0.25) is 0 Å². The molecule has 1 saturated carbocycles. The van der Waals surface area contributed by atoms with Crippen LogP contribution >= 0.6 is 0 Å². The number of benzene rings is 1. The van der Waals surface area contributed by atoms with Crippen molar-refractivity contribution in [1.82, 2.24) is 0 Å². The summed E-state index contributed by atoms with van der Waals surface area (Å²) in [6.45, 7) is 8.30. The Morgan fingerprint density at radius 1 is 1.24 bits per heavy atom. The molecule has 2 N–H and O–H groups in total. The fourth-order valence-corrected chi connectivity index (χ4v) is 4.25. The molecule has 2 heteroatoms. The number of rotatable bonds is 2. The molecule has 0 saturated heterocycles. The monoisotopic (exact) mass is 286 g/mol. The van der Waals surface area contributed by atoms with Gasteiger partial charge in [-0.2, -0.15) is 0 Å². The highest BCUT2D eigenvalue weighted by Gasteiger charge is 2.35. The highest BCUT2D eigenvalue weighted by Crippen LogP contribution is 2.40. The van der Waals surface area contributed by atoms with E-state index in [-0.39, 0.29) is 0 Å². The second kappa shape index (κ2) is 5.64. The van der Waals surface area contributed by atoms with Gasteiger partial charge in [-0.25, -0.2) is 0 Å². The Morgan fingerprint density at radius 3 is 2.81 bits per heavy atom. The molecular formula is C19H30N2. The maximum Gasteiger partial charge on any atom is 0.0401 e. The van der Waals surface area contributed by atoms with Crippen molar-refractivity contribution in [3.05, 3.63) is 29.8 Å². The van der Waals surface area contributed by atoms with E-state index in [4.69, 9.17) is 5.73 Å². The van der Waals surface area contributed by atoms with Crippen LogP contribution in [0.1, 0.15) is 52.0 Å². The Kier molecular flexibility index (Phi) is 4.00. The molecule has 3 unspecified atom stereocenters. The van der Waals surface area contributed by atoms with E-state index >= 15 is 0 Å². The summed E-state index contributed by atoms with van der Waals surface area (Å²) in [5, 5.41) is 0. The number of hydrogen-bond donors (Lipinski definition) is 1. The van der Waals surface area contributed by atoms with Crippen molar-refractivity contribution in [2.24, 2.45) is 17.1 Å². The van der Waals surface area contributed by atoms with Crippen molar-refractivity contribution < 1.29 is 0 Å². The van der Waals surface area contributed by atoms with Crippen LogP contribution in [0.25, 0.3) is 0 Å². The first kappa shape index (κ1) is 14.9. The van der Waals surface area contributed by atoms with Gasteiger partial charge in [0.1, 0.15) is 0 Å². The average Bonchev–Trinajstić information content (AvgIpc) is 2.45. The molecule has 1 heterocycles. The zero-order valence-corrected chi connectivity index (χ0v) is 13.8. The molecular weight excluding hydrogens is 256 g/mol. The number of hydrogen-bond acceptors (Lipinski definition) is 2. The molecule has 116 valence electrons. The molecule has 0 amide bonds. The molecule has 3 atom stereocenters. The van der Waals surface area contributed by atoms with Crippen LogP contribution in [0.4, 0.5) is 5.69 Å². The number of aryl methyl sites for hydroxylation is 1. The van der Waals surface area contributed by atoms with Crippen LogP contribution in [-0.4, -0.2) is 18.6 Å². The van der Waals surface area contributed by atoms with Gasteiger partial charge in [0.2, 0.25) is 0 Å². The zero-order valence-electron chi connectivity index (χ0n) is 13.8. The minimum Gasteiger partial charge on any atom is -0.368 e. The van der Waals surface area contributed by atoms with Gasteiger partial charge in [-0.05, 0) is 62.0 Å². The first-order chi connectivity index (χ1) is 9.96. The molecule has 1 fully saturated rings. The minimum atomic E-state index is 0.374.